The summed E-state index contributed by atoms with van der Waals surface area (Å²) in [5.74, 6) is 4.36. The van der Waals surface area contributed by atoms with Crippen molar-refractivity contribution in [2.24, 2.45) is 11.8 Å². The topological polar surface area (TPSA) is 104 Å². The van der Waals surface area contributed by atoms with E-state index in [4.69, 9.17) is 10.9 Å². The number of nitrogens with two attached hydrogens (primary N) is 1. The second-order valence-corrected chi connectivity index (χ2v) is 3.10. The van der Waals surface area contributed by atoms with Gasteiger partial charge < -0.3 is 10.4 Å². The van der Waals surface area contributed by atoms with Gasteiger partial charge in [0.05, 0.1) is 5.92 Å². The van der Waals surface area contributed by atoms with Crippen LogP contribution in [-0.4, -0.2) is 23.1 Å². The number of nitrogens with one attached hydrogen (secondary N) is 2. The normalized spacial score (nSPS) is 26.8. The van der Waals surface area contributed by atoms with Crippen LogP contribution in [0.4, 0.5) is 4.79 Å². The van der Waals surface area contributed by atoms with E-state index in [1.54, 1.807) is 0 Å². The molecule has 1 fully saturated rings. The largest absolute Gasteiger partial charge is 0.465 e. The van der Waals surface area contributed by atoms with E-state index in [0.717, 1.165) is 6.42 Å². The van der Waals surface area contributed by atoms with Crippen LogP contribution >= 0.6 is 0 Å². The number of hydrogen-bond acceptors (Lipinski definition) is 3. The fraction of sp³-hybridized carbons (Fsp3) is 0.714. The zero-order valence-corrected chi connectivity index (χ0v) is 7.12. The lowest BCUT2D eigenvalue weighted by atomic mass is 10.0. The van der Waals surface area contributed by atoms with Crippen molar-refractivity contribution in [2.75, 3.05) is 0 Å². The first kappa shape index (κ1) is 9.79. The minimum Gasteiger partial charge on any atom is -0.465 e. The summed E-state index contributed by atoms with van der Waals surface area (Å²) in [6.07, 6.45) is 1.14. The van der Waals surface area contributed by atoms with E-state index >= 15 is 0 Å². The molecular formula is C7H13N3O3. The lowest BCUT2D eigenvalue weighted by Gasteiger charge is -2.17. The quantitative estimate of drug-likeness (QED) is 0.263. The summed E-state index contributed by atoms with van der Waals surface area (Å²) in [5.41, 5.74) is 2.04. The molecule has 6 heteroatoms. The summed E-state index contributed by atoms with van der Waals surface area (Å²) in [5, 5.41) is 10.8. The molecule has 0 radical (unpaired) electrons. The Balaban J connectivity index is 2.53. The van der Waals surface area contributed by atoms with Gasteiger partial charge in [-0.2, -0.15) is 0 Å². The van der Waals surface area contributed by atoms with E-state index in [2.05, 4.69) is 5.32 Å². The first-order valence-corrected chi connectivity index (χ1v) is 4.15. The highest BCUT2D eigenvalue weighted by Crippen LogP contribution is 2.25. The van der Waals surface area contributed by atoms with Crippen LogP contribution in [-0.2, 0) is 4.79 Å². The van der Waals surface area contributed by atoms with Crippen LogP contribution < -0.4 is 16.6 Å². The summed E-state index contributed by atoms with van der Waals surface area (Å²) < 4.78 is 0. The molecule has 0 saturated heterocycles. The van der Waals surface area contributed by atoms with Crippen molar-refractivity contribution >= 4 is 12.0 Å². The van der Waals surface area contributed by atoms with Gasteiger partial charge in [0.25, 0.3) is 0 Å². The van der Waals surface area contributed by atoms with Gasteiger partial charge >= 0.3 is 6.09 Å². The Morgan fingerprint density at radius 3 is 2.62 bits per heavy atom. The molecule has 0 aromatic carbocycles. The predicted octanol–water partition coefficient (Wildman–Crippen LogP) is -0.587. The molecule has 2 atom stereocenters. The SMILES string of the molecule is NNC(=O)[C@@H]1CCC[C@H]1NC(=O)O. The van der Waals surface area contributed by atoms with Crippen molar-refractivity contribution < 1.29 is 14.7 Å². The average Bonchev–Trinajstić information content (AvgIpc) is 2.50. The van der Waals surface area contributed by atoms with Gasteiger partial charge in [-0.15, -0.1) is 0 Å². The Morgan fingerprint density at radius 2 is 2.08 bits per heavy atom. The minimum atomic E-state index is -1.10. The third kappa shape index (κ3) is 2.32. The molecule has 6 nitrogen and oxygen atoms in total. The maximum atomic E-state index is 11.1. The van der Waals surface area contributed by atoms with Crippen LogP contribution in [0.15, 0.2) is 0 Å². The molecule has 0 heterocycles. The molecule has 0 spiro atoms. The van der Waals surface area contributed by atoms with Gasteiger partial charge in [-0.25, -0.2) is 10.6 Å². The Hall–Kier alpha value is -1.30. The molecular weight excluding hydrogens is 174 g/mol. The summed E-state index contributed by atoms with van der Waals surface area (Å²) in [7, 11) is 0. The summed E-state index contributed by atoms with van der Waals surface area (Å²) in [6.45, 7) is 0. The number of hydrazine groups is 1. The predicted molar refractivity (Wildman–Crippen MR) is 44.6 cm³/mol. The van der Waals surface area contributed by atoms with Crippen molar-refractivity contribution in [3.8, 4) is 0 Å². The molecule has 0 aromatic heterocycles. The van der Waals surface area contributed by atoms with E-state index in [0.29, 0.717) is 12.8 Å². The minimum absolute atomic E-state index is 0.291. The summed E-state index contributed by atoms with van der Waals surface area (Å²) >= 11 is 0. The van der Waals surface area contributed by atoms with E-state index in [9.17, 15) is 9.59 Å². The second kappa shape index (κ2) is 4.08. The third-order valence-corrected chi connectivity index (χ3v) is 2.30. The first-order valence-electron chi connectivity index (χ1n) is 4.15. The highest BCUT2D eigenvalue weighted by atomic mass is 16.4. The second-order valence-electron chi connectivity index (χ2n) is 3.10. The van der Waals surface area contributed by atoms with Gasteiger partial charge in [-0.05, 0) is 12.8 Å². The van der Waals surface area contributed by atoms with Crippen LogP contribution in [0.3, 0.4) is 0 Å². The van der Waals surface area contributed by atoms with Gasteiger partial charge in [0.1, 0.15) is 0 Å². The molecule has 0 aromatic rings. The van der Waals surface area contributed by atoms with Crippen molar-refractivity contribution in [2.45, 2.75) is 25.3 Å². The van der Waals surface area contributed by atoms with Crippen LogP contribution in [0, 0.1) is 5.92 Å². The van der Waals surface area contributed by atoms with Crippen molar-refractivity contribution in [3.63, 3.8) is 0 Å². The zero-order valence-electron chi connectivity index (χ0n) is 7.12. The maximum absolute atomic E-state index is 11.1. The standard InChI is InChI=1S/C7H13N3O3/c8-10-6(11)4-2-1-3-5(4)9-7(12)13/h4-5,9H,1-3,8H2,(H,10,11)(H,12,13)/t4-,5-/m1/s1. The van der Waals surface area contributed by atoms with Gasteiger partial charge in [-0.3, -0.25) is 10.2 Å². The number of carbonyl (C=O) groups excluding carboxylic acids is 1. The van der Waals surface area contributed by atoms with Gasteiger partial charge in [0, 0.05) is 6.04 Å². The summed E-state index contributed by atoms with van der Waals surface area (Å²) in [6, 6.07) is -0.291. The zero-order chi connectivity index (χ0) is 9.84. The van der Waals surface area contributed by atoms with E-state index in [1.165, 1.54) is 0 Å². The van der Waals surface area contributed by atoms with E-state index in [1.807, 2.05) is 5.43 Å². The lowest BCUT2D eigenvalue weighted by Crippen LogP contribution is -2.45. The number of rotatable bonds is 2. The summed E-state index contributed by atoms with van der Waals surface area (Å²) in [4.78, 5) is 21.5. The molecule has 0 unspecified atom stereocenters. The molecule has 13 heavy (non-hydrogen) atoms. The lowest BCUT2D eigenvalue weighted by molar-refractivity contribution is -0.125. The van der Waals surface area contributed by atoms with Gasteiger partial charge in [0.2, 0.25) is 5.91 Å². The molecule has 2 amide bonds. The van der Waals surface area contributed by atoms with Gasteiger partial charge in [0.15, 0.2) is 0 Å². The van der Waals surface area contributed by atoms with Crippen molar-refractivity contribution in [1.82, 2.24) is 10.7 Å². The van der Waals surface area contributed by atoms with Crippen LogP contribution in [0.5, 0.6) is 0 Å². The molecule has 5 N–H and O–H groups in total. The van der Waals surface area contributed by atoms with Crippen molar-refractivity contribution in [3.05, 3.63) is 0 Å². The van der Waals surface area contributed by atoms with Crippen LogP contribution in [0.1, 0.15) is 19.3 Å². The number of hydrogen-bond donors (Lipinski definition) is 4. The average molecular weight is 187 g/mol. The number of amides is 2. The smallest absolute Gasteiger partial charge is 0.404 e. The van der Waals surface area contributed by atoms with Crippen molar-refractivity contribution in [1.29, 1.82) is 0 Å². The van der Waals surface area contributed by atoms with Crippen LogP contribution in [0.2, 0.25) is 0 Å². The van der Waals surface area contributed by atoms with E-state index < -0.39 is 6.09 Å². The molecule has 0 bridgehead atoms. The number of carboxylic acid groups (broad SMARTS) is 1. The molecule has 1 aliphatic rings. The Bertz CT molecular complexity index is 219. The number of carbonyl (C=O) groups is 2. The van der Waals surface area contributed by atoms with Gasteiger partial charge in [-0.1, -0.05) is 6.42 Å². The Kier molecular flexibility index (Phi) is 3.07. The first-order chi connectivity index (χ1) is 6.15. The third-order valence-electron chi connectivity index (χ3n) is 2.30. The highest BCUT2D eigenvalue weighted by Gasteiger charge is 2.33. The monoisotopic (exact) mass is 187 g/mol. The molecule has 74 valence electrons. The van der Waals surface area contributed by atoms with Crippen LogP contribution in [0.25, 0.3) is 0 Å². The Labute approximate surface area is 75.5 Å². The molecule has 1 aliphatic carbocycles. The maximum Gasteiger partial charge on any atom is 0.404 e. The molecule has 0 aliphatic heterocycles. The fourth-order valence-electron chi connectivity index (χ4n) is 1.71. The molecule has 1 rings (SSSR count). The fourth-order valence-corrected chi connectivity index (χ4v) is 1.71. The van der Waals surface area contributed by atoms with E-state index in [-0.39, 0.29) is 17.9 Å². The highest BCUT2D eigenvalue weighted by molar-refractivity contribution is 5.80. The Morgan fingerprint density at radius 1 is 1.38 bits per heavy atom. The molecule has 1 saturated carbocycles.